The Morgan fingerprint density at radius 1 is 0.765 bits per heavy atom. The number of benzene rings is 3. The van der Waals surface area contributed by atoms with E-state index >= 15 is 0 Å². The molecule has 4 heterocycles. The largest absolute Gasteiger partial charge is 0.466 e. The average Bonchev–Trinajstić information content (AvgIpc) is 3.77. The fourth-order valence-corrected chi connectivity index (χ4v) is 8.08. The van der Waals surface area contributed by atoms with E-state index < -0.39 is 23.4 Å². The summed E-state index contributed by atoms with van der Waals surface area (Å²) in [5.74, 6) is -1.74. The van der Waals surface area contributed by atoms with Crippen LogP contribution in [-0.2, 0) is 40.6 Å². The summed E-state index contributed by atoms with van der Waals surface area (Å²) in [6.45, 7) is 1.02. The second kappa shape index (κ2) is 12.5. The van der Waals surface area contributed by atoms with Gasteiger partial charge in [-0.25, -0.2) is 14.2 Å². The van der Waals surface area contributed by atoms with Gasteiger partial charge in [0.15, 0.2) is 12.4 Å². The number of aryl methyl sites for hydroxylation is 1. The second-order valence-corrected chi connectivity index (χ2v) is 12.8. The zero-order chi connectivity index (χ0) is 35.3. The molecule has 0 saturated heterocycles. The number of carbonyl (C=O) groups is 4. The Bertz CT molecular complexity index is 2200. The Kier molecular flexibility index (Phi) is 7.83. The predicted octanol–water partition coefficient (Wildman–Crippen LogP) is 5.16. The number of amides is 2. The first-order valence-electron chi connectivity index (χ1n) is 16.8. The van der Waals surface area contributed by atoms with Crippen molar-refractivity contribution in [2.75, 3.05) is 25.7 Å². The number of rotatable bonds is 8. The molecule has 1 aromatic heterocycles. The van der Waals surface area contributed by atoms with Gasteiger partial charge in [-0.2, -0.15) is 0 Å². The number of pyridine rings is 1. The van der Waals surface area contributed by atoms with E-state index in [1.54, 1.807) is 0 Å². The lowest BCUT2D eigenvalue weighted by Gasteiger charge is -2.41. The molecule has 3 aliphatic heterocycles. The molecule has 3 aromatic carbocycles. The number of allylic oxidation sites excluding steroid dienone is 2. The van der Waals surface area contributed by atoms with Crippen LogP contribution in [0.15, 0.2) is 133 Å². The Labute approximate surface area is 295 Å². The van der Waals surface area contributed by atoms with E-state index in [2.05, 4.69) is 24.3 Å². The summed E-state index contributed by atoms with van der Waals surface area (Å²) in [4.78, 5) is 54.9. The molecule has 2 amide bonds. The molecule has 4 aromatic rings. The summed E-state index contributed by atoms with van der Waals surface area (Å²) < 4.78 is 12.9. The number of carbonyl (C=O) groups excluding carboxylic acids is 4. The maximum Gasteiger partial charge on any atom is 0.355 e. The molecular weight excluding hydrogens is 642 g/mol. The number of anilines is 1. The fraction of sp³-hybridized carbons (Fsp3) is 0.167. The molecule has 9 nitrogen and oxygen atoms in total. The van der Waals surface area contributed by atoms with Crippen molar-refractivity contribution < 1.29 is 33.2 Å². The van der Waals surface area contributed by atoms with Crippen molar-refractivity contribution in [3.05, 3.63) is 155 Å². The Morgan fingerprint density at radius 2 is 1.35 bits per heavy atom. The van der Waals surface area contributed by atoms with Gasteiger partial charge in [0.05, 0.1) is 31.2 Å². The van der Waals surface area contributed by atoms with Crippen molar-refractivity contribution in [3.8, 4) is 11.1 Å². The highest BCUT2D eigenvalue weighted by atomic mass is 16.5. The molecule has 9 heteroatoms. The first-order valence-corrected chi connectivity index (χ1v) is 16.8. The van der Waals surface area contributed by atoms with Crippen LogP contribution in [0.1, 0.15) is 28.7 Å². The number of esters is 2. The minimum Gasteiger partial charge on any atom is -0.466 e. The molecule has 51 heavy (non-hydrogen) atoms. The van der Waals surface area contributed by atoms with Gasteiger partial charge in [-0.3, -0.25) is 14.5 Å². The summed E-state index contributed by atoms with van der Waals surface area (Å²) >= 11 is 0. The minimum atomic E-state index is -1.07. The highest BCUT2D eigenvalue weighted by Crippen LogP contribution is 2.62. The van der Waals surface area contributed by atoms with Crippen molar-refractivity contribution >= 4 is 41.1 Å². The number of hydrogen-bond donors (Lipinski definition) is 0. The minimum absolute atomic E-state index is 0.162. The number of ether oxygens (including phenoxy) is 2. The zero-order valence-electron chi connectivity index (χ0n) is 28.1. The van der Waals surface area contributed by atoms with Crippen LogP contribution < -0.4 is 9.47 Å². The third-order valence-electron chi connectivity index (χ3n) is 10.2. The molecule has 0 fully saturated rings. The van der Waals surface area contributed by atoms with Gasteiger partial charge in [0, 0.05) is 48.5 Å². The number of fused-ring (bicyclic) bond motifs is 9. The van der Waals surface area contributed by atoms with Gasteiger partial charge in [0.1, 0.15) is 12.2 Å². The maximum absolute atomic E-state index is 14.1. The molecule has 0 saturated carbocycles. The van der Waals surface area contributed by atoms with Crippen LogP contribution in [-0.4, -0.2) is 55.5 Å². The van der Waals surface area contributed by atoms with Gasteiger partial charge >= 0.3 is 11.9 Å². The standard InChI is InChI=1S/C42H34N3O6/c1-50-40(48)38-39(41(49)51-2)45-34-15-8-5-10-29(34)28(17-16-27-20-24-43(25-21-27)22-9-23-44-36(46)18-19-37(44)47)26-35(45)42(38)32-13-6-3-11-30(32)31-12-4-7-14-33(31)42/h3-8,10-21,24-26,35H,9,22-23H2,1-2H3/q+1/b17-16+. The topological polar surface area (TPSA) is 97.1 Å². The average molecular weight is 677 g/mol. The summed E-state index contributed by atoms with van der Waals surface area (Å²) in [5.41, 5.74) is 6.76. The molecule has 0 radical (unpaired) electrons. The molecular formula is C42H34N3O6+. The summed E-state index contributed by atoms with van der Waals surface area (Å²) in [6, 6.07) is 27.5. The van der Waals surface area contributed by atoms with Crippen molar-refractivity contribution in [2.45, 2.75) is 24.4 Å². The first kappa shape index (κ1) is 31.9. The smallest absolute Gasteiger partial charge is 0.355 e. The normalized spacial score (nSPS) is 17.8. The highest BCUT2D eigenvalue weighted by molar-refractivity contribution is 6.13. The van der Waals surface area contributed by atoms with Crippen LogP contribution in [0.25, 0.3) is 22.8 Å². The summed E-state index contributed by atoms with van der Waals surface area (Å²) in [7, 11) is 2.67. The predicted molar refractivity (Wildman–Crippen MR) is 191 cm³/mol. The van der Waals surface area contributed by atoms with Gasteiger partial charge in [0.2, 0.25) is 0 Å². The third kappa shape index (κ3) is 4.87. The van der Waals surface area contributed by atoms with Crippen LogP contribution in [0.2, 0.25) is 0 Å². The zero-order valence-corrected chi connectivity index (χ0v) is 28.1. The van der Waals surface area contributed by atoms with Crippen molar-refractivity contribution in [1.82, 2.24) is 4.90 Å². The fourth-order valence-electron chi connectivity index (χ4n) is 8.08. The third-order valence-corrected chi connectivity index (χ3v) is 10.2. The van der Waals surface area contributed by atoms with Crippen LogP contribution in [0.5, 0.6) is 0 Å². The van der Waals surface area contributed by atoms with Gasteiger partial charge < -0.3 is 14.4 Å². The molecule has 0 bridgehead atoms. The molecule has 1 unspecified atom stereocenters. The first-order chi connectivity index (χ1) is 24.9. The van der Waals surface area contributed by atoms with Crippen LogP contribution in [0, 0.1) is 0 Å². The van der Waals surface area contributed by atoms with E-state index in [0.717, 1.165) is 44.6 Å². The lowest BCUT2D eigenvalue weighted by atomic mass is 9.67. The summed E-state index contributed by atoms with van der Waals surface area (Å²) in [6.07, 6.45) is 13.5. The molecule has 1 aliphatic carbocycles. The van der Waals surface area contributed by atoms with Gasteiger partial charge in [-0.15, -0.1) is 0 Å². The van der Waals surface area contributed by atoms with E-state index in [9.17, 15) is 19.2 Å². The van der Waals surface area contributed by atoms with E-state index in [-0.39, 0.29) is 23.1 Å². The van der Waals surface area contributed by atoms with E-state index in [1.165, 1.54) is 31.3 Å². The van der Waals surface area contributed by atoms with Gasteiger partial charge in [-0.05, 0) is 39.5 Å². The van der Waals surface area contributed by atoms with E-state index in [1.807, 2.05) is 101 Å². The monoisotopic (exact) mass is 676 g/mol. The number of para-hydroxylation sites is 1. The Balaban J connectivity index is 1.21. The van der Waals surface area contributed by atoms with Crippen LogP contribution in [0.3, 0.4) is 0 Å². The molecule has 1 spiro atoms. The number of aromatic nitrogens is 1. The van der Waals surface area contributed by atoms with E-state index in [4.69, 9.17) is 9.47 Å². The van der Waals surface area contributed by atoms with Crippen molar-refractivity contribution in [1.29, 1.82) is 0 Å². The SMILES string of the molecule is COC(=O)C1=C(C(=O)OC)C2(c3ccccc3-c3ccccc32)C2C=C(/C=C/c3cc[n+](CCCN4C(=O)C=CC4=O)cc3)c3ccccc3N12. The van der Waals surface area contributed by atoms with Gasteiger partial charge in [-0.1, -0.05) is 85.0 Å². The molecule has 4 aliphatic rings. The summed E-state index contributed by atoms with van der Waals surface area (Å²) in [5, 5.41) is 0. The van der Waals surface area contributed by atoms with E-state index in [0.29, 0.717) is 19.5 Å². The Hall–Kier alpha value is -6.35. The second-order valence-electron chi connectivity index (χ2n) is 12.8. The van der Waals surface area contributed by atoms with Crippen LogP contribution in [0.4, 0.5) is 5.69 Å². The number of methoxy groups -OCH3 is 2. The number of nitrogens with zero attached hydrogens (tertiary/aromatic N) is 3. The molecule has 8 rings (SSSR count). The number of hydrogen-bond acceptors (Lipinski definition) is 7. The van der Waals surface area contributed by atoms with Crippen molar-refractivity contribution in [2.24, 2.45) is 0 Å². The molecule has 1 atom stereocenters. The molecule has 252 valence electrons. The molecule has 0 N–H and O–H groups in total. The van der Waals surface area contributed by atoms with Crippen LogP contribution >= 0.6 is 0 Å². The lowest BCUT2D eigenvalue weighted by molar-refractivity contribution is -0.697. The van der Waals surface area contributed by atoms with Crippen molar-refractivity contribution in [3.63, 3.8) is 0 Å². The lowest BCUT2D eigenvalue weighted by Crippen LogP contribution is -2.46. The number of imide groups is 1. The maximum atomic E-state index is 14.1. The Morgan fingerprint density at radius 3 is 1.98 bits per heavy atom. The van der Waals surface area contributed by atoms with Gasteiger partial charge in [0.25, 0.3) is 11.8 Å². The quantitative estimate of drug-likeness (QED) is 0.145. The highest BCUT2D eigenvalue weighted by Gasteiger charge is 2.63.